The van der Waals surface area contributed by atoms with Gasteiger partial charge in [0.1, 0.15) is 5.41 Å². The van der Waals surface area contributed by atoms with E-state index < -0.39 is 17.2 Å². The van der Waals surface area contributed by atoms with Gasteiger partial charge in [0.2, 0.25) is 5.91 Å². The quantitative estimate of drug-likeness (QED) is 0.685. The molecule has 2 rings (SSSR count). The van der Waals surface area contributed by atoms with Gasteiger partial charge >= 0.3 is 5.91 Å². The third kappa shape index (κ3) is 2.23. The molecule has 5 nitrogen and oxygen atoms in total. The lowest BCUT2D eigenvalue weighted by molar-refractivity contribution is -0.132. The van der Waals surface area contributed by atoms with Gasteiger partial charge in [0.05, 0.1) is 10.7 Å². The maximum Gasteiger partial charge on any atom is 0.301 e. The van der Waals surface area contributed by atoms with Crippen LogP contribution < -0.4 is 5.32 Å². The van der Waals surface area contributed by atoms with Crippen molar-refractivity contribution >= 4 is 40.7 Å². The monoisotopic (exact) mass is 286 g/mol. The summed E-state index contributed by atoms with van der Waals surface area (Å²) in [5, 5.41) is 5.52. The van der Waals surface area contributed by atoms with E-state index >= 15 is 0 Å². The summed E-state index contributed by atoms with van der Waals surface area (Å²) in [7, 11) is 0. The molecule has 94 valence electrons. The van der Waals surface area contributed by atoms with Crippen molar-refractivity contribution in [1.82, 2.24) is 0 Å². The van der Waals surface area contributed by atoms with Crippen molar-refractivity contribution in [3.05, 3.63) is 33.2 Å². The van der Waals surface area contributed by atoms with Gasteiger partial charge in [-0.2, -0.15) is 0 Å². The molecule has 7 heteroatoms. The first-order valence-electron chi connectivity index (χ1n) is 5.14. The van der Waals surface area contributed by atoms with Crippen LogP contribution in [0.1, 0.15) is 12.8 Å². The fourth-order valence-electron chi connectivity index (χ4n) is 1.58. The van der Waals surface area contributed by atoms with Crippen molar-refractivity contribution in [3.63, 3.8) is 0 Å². The van der Waals surface area contributed by atoms with E-state index in [1.807, 2.05) is 0 Å². The summed E-state index contributed by atoms with van der Waals surface area (Å²) in [6.45, 7) is 0. The number of amides is 2. The molecule has 1 aromatic rings. The highest BCUT2D eigenvalue weighted by Gasteiger charge is 2.57. The lowest BCUT2D eigenvalue weighted by atomic mass is 10.1. The predicted octanol–water partition coefficient (Wildman–Crippen LogP) is 3.01. The first-order chi connectivity index (χ1) is 8.49. The van der Waals surface area contributed by atoms with Crippen LogP contribution in [0.3, 0.4) is 0 Å². The molecule has 1 aliphatic rings. The topological polar surface area (TPSA) is 75.6 Å². The van der Waals surface area contributed by atoms with Gasteiger partial charge in [-0.1, -0.05) is 23.2 Å². The summed E-state index contributed by atoms with van der Waals surface area (Å²) < 4.78 is 0. The van der Waals surface area contributed by atoms with Gasteiger partial charge in [0.15, 0.2) is 0 Å². The maximum absolute atomic E-state index is 11.9. The molecule has 0 aliphatic heterocycles. The molecule has 0 saturated heterocycles. The number of hydrogen-bond acceptors (Lipinski definition) is 3. The smallest absolute Gasteiger partial charge is 0.301 e. The molecule has 1 N–H and O–H groups in total. The molecule has 0 radical (unpaired) electrons. The molecule has 0 aromatic heterocycles. The fraction of sp³-hybridized carbons (Fsp3) is 0.273. The Hall–Kier alpha value is -1.46. The number of nitroso groups, excluding NO2 is 1. The number of anilines is 1. The lowest BCUT2D eigenvalue weighted by Crippen LogP contribution is -2.30. The number of rotatable bonds is 3. The molecule has 0 bridgehead atoms. The second kappa shape index (κ2) is 4.66. The molecule has 0 heterocycles. The first kappa shape index (κ1) is 13.0. The summed E-state index contributed by atoms with van der Waals surface area (Å²) in [5.41, 5.74) is -0.957. The van der Waals surface area contributed by atoms with Gasteiger partial charge in [-0.05, 0) is 31.0 Å². The van der Waals surface area contributed by atoms with Crippen LogP contribution in [0.4, 0.5) is 5.69 Å². The summed E-state index contributed by atoms with van der Waals surface area (Å²) in [6, 6.07) is 4.55. The Kier molecular flexibility index (Phi) is 3.36. The number of nitrogens with zero attached hydrogens (tertiary/aromatic N) is 1. The Morgan fingerprint density at radius 1 is 1.28 bits per heavy atom. The number of hydrogen-bond donors (Lipinski definition) is 1. The van der Waals surface area contributed by atoms with E-state index in [1.54, 1.807) is 6.07 Å². The standard InChI is InChI=1S/C11H8Cl2N2O3/c12-6-1-2-8(7(13)5-6)14-9(16)11(3-4-11)10(17)15-18/h1-2,5H,3-4H2,(H,14,16). The number of carbonyl (C=O) groups excluding carboxylic acids is 2. The average molecular weight is 287 g/mol. The Morgan fingerprint density at radius 3 is 2.44 bits per heavy atom. The van der Waals surface area contributed by atoms with Gasteiger partial charge in [-0.3, -0.25) is 9.59 Å². The third-order valence-corrected chi connectivity index (χ3v) is 3.40. The molecule has 2 amide bonds. The van der Waals surface area contributed by atoms with Gasteiger partial charge in [0, 0.05) is 10.2 Å². The summed E-state index contributed by atoms with van der Waals surface area (Å²) in [6.07, 6.45) is 0.656. The molecule has 0 unspecified atom stereocenters. The van der Waals surface area contributed by atoms with E-state index in [4.69, 9.17) is 23.2 Å². The summed E-state index contributed by atoms with van der Waals surface area (Å²) in [4.78, 5) is 33.4. The Balaban J connectivity index is 2.17. The molecule has 1 saturated carbocycles. The van der Waals surface area contributed by atoms with Crippen molar-refractivity contribution < 1.29 is 9.59 Å². The van der Waals surface area contributed by atoms with Crippen LogP contribution in [0, 0.1) is 10.3 Å². The molecule has 1 fully saturated rings. The molecule has 18 heavy (non-hydrogen) atoms. The van der Waals surface area contributed by atoms with Crippen LogP contribution in [-0.4, -0.2) is 11.8 Å². The van der Waals surface area contributed by atoms with Crippen LogP contribution in [-0.2, 0) is 9.59 Å². The highest BCUT2D eigenvalue weighted by molar-refractivity contribution is 6.36. The van der Waals surface area contributed by atoms with E-state index in [0.29, 0.717) is 23.6 Å². The maximum atomic E-state index is 11.9. The summed E-state index contributed by atoms with van der Waals surface area (Å²) >= 11 is 11.6. The minimum absolute atomic E-state index is 0.262. The zero-order chi connectivity index (χ0) is 13.3. The number of halogens is 2. The molecule has 1 aromatic carbocycles. The molecule has 0 spiro atoms. The minimum atomic E-state index is -1.30. The van der Waals surface area contributed by atoms with E-state index in [-0.39, 0.29) is 5.02 Å². The van der Waals surface area contributed by atoms with Gasteiger partial charge < -0.3 is 5.32 Å². The minimum Gasteiger partial charge on any atom is -0.324 e. The van der Waals surface area contributed by atoms with Crippen molar-refractivity contribution in [2.45, 2.75) is 12.8 Å². The molecular formula is C11H8Cl2N2O3. The van der Waals surface area contributed by atoms with Crippen molar-refractivity contribution in [2.75, 3.05) is 5.32 Å². The predicted molar refractivity (Wildman–Crippen MR) is 67.6 cm³/mol. The van der Waals surface area contributed by atoms with Crippen molar-refractivity contribution in [3.8, 4) is 0 Å². The molecule has 0 atom stereocenters. The fourth-order valence-corrected chi connectivity index (χ4v) is 2.04. The van der Waals surface area contributed by atoms with Gasteiger partial charge in [0.25, 0.3) is 0 Å². The summed E-state index contributed by atoms with van der Waals surface area (Å²) in [5.74, 6) is -1.50. The number of carbonyl (C=O) groups is 2. The second-order valence-electron chi connectivity index (χ2n) is 4.06. The zero-order valence-corrected chi connectivity index (χ0v) is 10.6. The number of nitrogens with one attached hydrogen (secondary N) is 1. The Morgan fingerprint density at radius 2 is 1.94 bits per heavy atom. The van der Waals surface area contributed by atoms with Gasteiger partial charge in [-0.25, -0.2) is 0 Å². The van der Waals surface area contributed by atoms with Crippen LogP contribution in [0.25, 0.3) is 0 Å². The first-order valence-corrected chi connectivity index (χ1v) is 5.89. The second-order valence-corrected chi connectivity index (χ2v) is 4.90. The van der Waals surface area contributed by atoms with E-state index in [2.05, 4.69) is 10.5 Å². The Bertz CT molecular complexity index is 541. The largest absolute Gasteiger partial charge is 0.324 e. The molecular weight excluding hydrogens is 279 g/mol. The van der Waals surface area contributed by atoms with E-state index in [0.717, 1.165) is 0 Å². The SMILES string of the molecule is O=NC(=O)C1(C(=O)Nc2ccc(Cl)cc2Cl)CC1. The van der Waals surface area contributed by atoms with Crippen LogP contribution >= 0.6 is 23.2 Å². The normalized spacial score (nSPS) is 15.9. The van der Waals surface area contributed by atoms with Crippen molar-refractivity contribution in [2.24, 2.45) is 10.6 Å². The number of benzene rings is 1. The Labute approximate surface area is 112 Å². The zero-order valence-electron chi connectivity index (χ0n) is 9.07. The highest BCUT2D eigenvalue weighted by Crippen LogP contribution is 2.48. The van der Waals surface area contributed by atoms with Crippen LogP contribution in [0.2, 0.25) is 10.0 Å². The van der Waals surface area contributed by atoms with Gasteiger partial charge in [-0.15, -0.1) is 4.91 Å². The highest BCUT2D eigenvalue weighted by atomic mass is 35.5. The molecule has 1 aliphatic carbocycles. The van der Waals surface area contributed by atoms with E-state index in [1.165, 1.54) is 12.1 Å². The lowest BCUT2D eigenvalue weighted by Gasteiger charge is -2.11. The van der Waals surface area contributed by atoms with Crippen LogP contribution in [0.15, 0.2) is 23.4 Å². The average Bonchev–Trinajstić information content (AvgIpc) is 3.13. The van der Waals surface area contributed by atoms with Crippen molar-refractivity contribution in [1.29, 1.82) is 0 Å². The van der Waals surface area contributed by atoms with Crippen LogP contribution in [0.5, 0.6) is 0 Å². The van der Waals surface area contributed by atoms with E-state index in [9.17, 15) is 14.5 Å². The third-order valence-electron chi connectivity index (χ3n) is 2.86.